The summed E-state index contributed by atoms with van der Waals surface area (Å²) in [5.41, 5.74) is 0.668. The van der Waals surface area contributed by atoms with Crippen molar-refractivity contribution < 1.29 is 14.6 Å². The average molecular weight is 249 g/mol. The number of nitrogens with zero attached hydrogens (tertiary/aromatic N) is 1. The van der Waals surface area contributed by atoms with Crippen LogP contribution in [0.15, 0.2) is 24.3 Å². The lowest BCUT2D eigenvalue weighted by molar-refractivity contribution is -0.132. The number of phenolic OH excluding ortho intramolecular Hbond substituents is 1. The van der Waals surface area contributed by atoms with E-state index in [0.29, 0.717) is 12.2 Å². The summed E-state index contributed by atoms with van der Waals surface area (Å²) in [5, 5.41) is 9.66. The number of carbonyl (C=O) groups is 1. The van der Waals surface area contributed by atoms with Crippen molar-refractivity contribution in [2.75, 3.05) is 13.7 Å². The molecule has 1 aliphatic heterocycles. The number of para-hydroxylation sites is 1. The molecule has 1 saturated heterocycles. The van der Waals surface area contributed by atoms with Crippen LogP contribution in [0, 0.1) is 0 Å². The van der Waals surface area contributed by atoms with Crippen molar-refractivity contribution in [2.45, 2.75) is 31.9 Å². The first-order valence-corrected chi connectivity index (χ1v) is 6.23. The molecule has 1 aromatic carbocycles. The molecule has 2 rings (SSSR count). The van der Waals surface area contributed by atoms with Gasteiger partial charge in [0, 0.05) is 19.2 Å². The fourth-order valence-electron chi connectivity index (χ4n) is 2.36. The van der Waals surface area contributed by atoms with Gasteiger partial charge in [-0.25, -0.2) is 0 Å². The number of hydrogen-bond acceptors (Lipinski definition) is 3. The van der Waals surface area contributed by atoms with Gasteiger partial charge in [-0.15, -0.1) is 0 Å². The largest absolute Gasteiger partial charge is 0.508 e. The normalized spacial score (nSPS) is 23.0. The Morgan fingerprint density at radius 3 is 2.83 bits per heavy atom. The second-order valence-corrected chi connectivity index (χ2v) is 4.74. The number of aromatic hydroxyl groups is 1. The summed E-state index contributed by atoms with van der Waals surface area (Å²) in [5.74, 6) is 0.189. The zero-order valence-corrected chi connectivity index (χ0v) is 10.8. The maximum absolute atomic E-state index is 12.2. The Morgan fingerprint density at radius 1 is 1.50 bits per heavy atom. The Kier molecular flexibility index (Phi) is 3.87. The molecule has 1 N–H and O–H groups in total. The lowest BCUT2D eigenvalue weighted by Crippen LogP contribution is -2.41. The van der Waals surface area contributed by atoms with Crippen molar-refractivity contribution >= 4 is 5.91 Å². The van der Waals surface area contributed by atoms with Crippen molar-refractivity contribution in [1.29, 1.82) is 0 Å². The standard InChI is InChI=1S/C14H19NO3/c1-10-12(7-8-18-10)15(2)14(17)9-11-5-3-4-6-13(11)16/h3-6,10,12,16H,7-9H2,1-2H3. The molecule has 18 heavy (non-hydrogen) atoms. The van der Waals surface area contributed by atoms with Crippen LogP contribution in [0.5, 0.6) is 5.75 Å². The Balaban J connectivity index is 2.02. The van der Waals surface area contributed by atoms with Gasteiger partial charge >= 0.3 is 0 Å². The first-order valence-electron chi connectivity index (χ1n) is 6.23. The van der Waals surface area contributed by atoms with E-state index in [1.807, 2.05) is 13.0 Å². The van der Waals surface area contributed by atoms with Gasteiger partial charge in [0.05, 0.1) is 18.6 Å². The smallest absolute Gasteiger partial charge is 0.227 e. The van der Waals surface area contributed by atoms with Gasteiger partial charge in [0.2, 0.25) is 5.91 Å². The monoisotopic (exact) mass is 249 g/mol. The topological polar surface area (TPSA) is 49.8 Å². The second kappa shape index (κ2) is 5.40. The van der Waals surface area contributed by atoms with Gasteiger partial charge in [-0.3, -0.25) is 4.79 Å². The fourth-order valence-corrected chi connectivity index (χ4v) is 2.36. The van der Waals surface area contributed by atoms with Crippen molar-refractivity contribution in [3.63, 3.8) is 0 Å². The van der Waals surface area contributed by atoms with Crippen molar-refractivity contribution in [1.82, 2.24) is 4.90 Å². The van der Waals surface area contributed by atoms with Crippen molar-refractivity contribution in [2.24, 2.45) is 0 Å². The summed E-state index contributed by atoms with van der Waals surface area (Å²) < 4.78 is 5.47. The minimum atomic E-state index is 0.0128. The van der Waals surface area contributed by atoms with E-state index in [9.17, 15) is 9.90 Å². The number of likely N-dealkylation sites (N-methyl/N-ethyl adjacent to an activating group) is 1. The zero-order valence-electron chi connectivity index (χ0n) is 10.8. The number of phenols is 1. The maximum Gasteiger partial charge on any atom is 0.227 e. The molecule has 0 bridgehead atoms. The molecular weight excluding hydrogens is 230 g/mol. The molecule has 1 aromatic rings. The molecule has 1 amide bonds. The molecule has 4 heteroatoms. The van der Waals surface area contributed by atoms with Crippen molar-refractivity contribution in [3.8, 4) is 5.75 Å². The lowest BCUT2D eigenvalue weighted by atomic mass is 10.1. The van der Waals surface area contributed by atoms with Crippen LogP contribution in [-0.4, -0.2) is 41.7 Å². The Morgan fingerprint density at radius 2 is 2.22 bits per heavy atom. The molecule has 2 unspecified atom stereocenters. The first-order chi connectivity index (χ1) is 8.59. The highest BCUT2D eigenvalue weighted by Gasteiger charge is 2.30. The molecule has 4 nitrogen and oxygen atoms in total. The summed E-state index contributed by atoms with van der Waals surface area (Å²) in [7, 11) is 1.80. The van der Waals surface area contributed by atoms with Gasteiger partial charge in [0.25, 0.3) is 0 Å². The molecule has 1 fully saturated rings. The van der Waals surface area contributed by atoms with E-state index in [0.717, 1.165) is 6.42 Å². The quantitative estimate of drug-likeness (QED) is 0.884. The minimum absolute atomic E-state index is 0.0128. The van der Waals surface area contributed by atoms with Crippen molar-refractivity contribution in [3.05, 3.63) is 29.8 Å². The highest BCUT2D eigenvalue weighted by atomic mass is 16.5. The average Bonchev–Trinajstić information content (AvgIpc) is 2.77. The number of benzene rings is 1. The highest BCUT2D eigenvalue weighted by molar-refractivity contribution is 5.79. The summed E-state index contributed by atoms with van der Waals surface area (Å²) in [6.45, 7) is 2.70. The molecule has 0 radical (unpaired) electrons. The van der Waals surface area contributed by atoms with Gasteiger partial charge < -0.3 is 14.7 Å². The Hall–Kier alpha value is -1.55. The minimum Gasteiger partial charge on any atom is -0.508 e. The van der Waals surface area contributed by atoms with Crippen LogP contribution < -0.4 is 0 Å². The van der Waals surface area contributed by atoms with E-state index in [4.69, 9.17) is 4.74 Å². The Bertz CT molecular complexity index is 433. The fraction of sp³-hybridized carbons (Fsp3) is 0.500. The SMILES string of the molecule is CC1OCCC1N(C)C(=O)Cc1ccccc1O. The summed E-state index contributed by atoms with van der Waals surface area (Å²) in [6.07, 6.45) is 1.19. The lowest BCUT2D eigenvalue weighted by Gasteiger charge is -2.27. The number of ether oxygens (including phenoxy) is 1. The third-order valence-electron chi connectivity index (χ3n) is 3.56. The van der Waals surface area contributed by atoms with E-state index in [1.165, 1.54) is 0 Å². The van der Waals surface area contributed by atoms with E-state index in [-0.39, 0.29) is 30.2 Å². The van der Waals surface area contributed by atoms with Crippen LogP contribution in [0.4, 0.5) is 0 Å². The van der Waals surface area contributed by atoms with E-state index in [1.54, 1.807) is 30.1 Å². The third kappa shape index (κ3) is 2.64. The van der Waals surface area contributed by atoms with Crippen LogP contribution in [0.1, 0.15) is 18.9 Å². The molecule has 0 aliphatic carbocycles. The zero-order chi connectivity index (χ0) is 13.1. The van der Waals surface area contributed by atoms with Gasteiger partial charge in [0.15, 0.2) is 0 Å². The summed E-state index contributed by atoms with van der Waals surface area (Å²) in [6, 6.07) is 7.09. The molecule has 0 spiro atoms. The number of carbonyl (C=O) groups excluding carboxylic acids is 1. The highest BCUT2D eigenvalue weighted by Crippen LogP contribution is 2.21. The third-order valence-corrected chi connectivity index (χ3v) is 3.56. The summed E-state index contributed by atoms with van der Waals surface area (Å²) in [4.78, 5) is 13.9. The number of rotatable bonds is 3. The van der Waals surface area contributed by atoms with E-state index in [2.05, 4.69) is 0 Å². The van der Waals surface area contributed by atoms with Gasteiger partial charge in [0.1, 0.15) is 5.75 Å². The molecule has 0 saturated carbocycles. The second-order valence-electron chi connectivity index (χ2n) is 4.74. The number of hydrogen-bond donors (Lipinski definition) is 1. The molecule has 1 heterocycles. The van der Waals surface area contributed by atoms with Crippen LogP contribution in [0.2, 0.25) is 0 Å². The molecule has 0 aromatic heterocycles. The first kappa shape index (κ1) is 12.9. The molecule has 2 atom stereocenters. The van der Waals surface area contributed by atoms with E-state index >= 15 is 0 Å². The van der Waals surface area contributed by atoms with Crippen LogP contribution in [0.3, 0.4) is 0 Å². The summed E-state index contributed by atoms with van der Waals surface area (Å²) >= 11 is 0. The van der Waals surface area contributed by atoms with Crippen LogP contribution in [-0.2, 0) is 16.0 Å². The van der Waals surface area contributed by atoms with Gasteiger partial charge in [-0.2, -0.15) is 0 Å². The predicted molar refractivity (Wildman–Crippen MR) is 68.4 cm³/mol. The molecular formula is C14H19NO3. The molecule has 98 valence electrons. The van der Waals surface area contributed by atoms with Gasteiger partial charge in [-0.1, -0.05) is 18.2 Å². The predicted octanol–water partition coefficient (Wildman–Crippen LogP) is 1.57. The van der Waals surface area contributed by atoms with Crippen LogP contribution >= 0.6 is 0 Å². The molecule has 1 aliphatic rings. The maximum atomic E-state index is 12.2. The van der Waals surface area contributed by atoms with Crippen LogP contribution in [0.25, 0.3) is 0 Å². The Labute approximate surface area is 107 Å². The number of amides is 1. The van der Waals surface area contributed by atoms with Gasteiger partial charge in [-0.05, 0) is 19.4 Å². The van der Waals surface area contributed by atoms with E-state index < -0.39 is 0 Å².